The van der Waals surface area contributed by atoms with E-state index in [0.717, 1.165) is 63.6 Å². The first-order valence-corrected chi connectivity index (χ1v) is 9.41. The van der Waals surface area contributed by atoms with Crippen molar-refractivity contribution in [1.82, 2.24) is 10.2 Å². The lowest BCUT2D eigenvalue weighted by molar-refractivity contribution is -0.123. The smallest absolute Gasteiger partial charge is 0.220 e. The van der Waals surface area contributed by atoms with Crippen LogP contribution in [-0.2, 0) is 16.1 Å². The van der Waals surface area contributed by atoms with E-state index in [9.17, 15) is 4.79 Å². The van der Waals surface area contributed by atoms with Crippen LogP contribution in [0, 0.1) is 5.92 Å². The standard InChI is InChI=1S/C19H27ClN2O2/c20-17-3-1-16(2-4-17)14-22-9-5-15(6-10-22)13-19(23)21-18-7-11-24-12-8-18/h1-4,15,18H,5-14H2,(H,21,23). The molecule has 0 radical (unpaired) electrons. The summed E-state index contributed by atoms with van der Waals surface area (Å²) < 4.78 is 5.33. The van der Waals surface area contributed by atoms with Crippen molar-refractivity contribution < 1.29 is 9.53 Å². The van der Waals surface area contributed by atoms with Gasteiger partial charge in [0.05, 0.1) is 0 Å². The first-order valence-electron chi connectivity index (χ1n) is 9.03. The third-order valence-electron chi connectivity index (χ3n) is 5.09. The highest BCUT2D eigenvalue weighted by Crippen LogP contribution is 2.22. The van der Waals surface area contributed by atoms with Crippen molar-refractivity contribution in [2.45, 2.75) is 44.7 Å². The molecule has 0 unspecified atom stereocenters. The average Bonchev–Trinajstić information content (AvgIpc) is 2.59. The van der Waals surface area contributed by atoms with E-state index in [2.05, 4.69) is 22.3 Å². The second-order valence-electron chi connectivity index (χ2n) is 7.00. The van der Waals surface area contributed by atoms with E-state index in [4.69, 9.17) is 16.3 Å². The largest absolute Gasteiger partial charge is 0.381 e. The highest BCUT2D eigenvalue weighted by molar-refractivity contribution is 6.30. The van der Waals surface area contributed by atoms with Crippen molar-refractivity contribution in [2.75, 3.05) is 26.3 Å². The Morgan fingerprint density at radius 2 is 1.79 bits per heavy atom. The number of likely N-dealkylation sites (tertiary alicyclic amines) is 1. The number of rotatable bonds is 5. The van der Waals surface area contributed by atoms with E-state index in [-0.39, 0.29) is 5.91 Å². The maximum atomic E-state index is 12.2. The Labute approximate surface area is 149 Å². The minimum atomic E-state index is 0.220. The summed E-state index contributed by atoms with van der Waals surface area (Å²) >= 11 is 5.93. The van der Waals surface area contributed by atoms with Gasteiger partial charge in [-0.15, -0.1) is 0 Å². The molecule has 0 bridgehead atoms. The van der Waals surface area contributed by atoms with E-state index in [1.807, 2.05) is 12.1 Å². The van der Waals surface area contributed by atoms with Crippen LogP contribution in [0.5, 0.6) is 0 Å². The normalized spacial score (nSPS) is 20.9. The van der Waals surface area contributed by atoms with Crippen molar-refractivity contribution in [2.24, 2.45) is 5.92 Å². The maximum Gasteiger partial charge on any atom is 0.220 e. The molecule has 2 heterocycles. The minimum absolute atomic E-state index is 0.220. The first kappa shape index (κ1) is 17.7. The predicted octanol–water partition coefficient (Wildman–Crippen LogP) is 3.24. The van der Waals surface area contributed by atoms with Crippen molar-refractivity contribution in [3.63, 3.8) is 0 Å². The molecule has 3 rings (SSSR count). The number of amides is 1. The number of nitrogens with one attached hydrogen (secondary N) is 1. The van der Waals surface area contributed by atoms with Crippen LogP contribution in [0.25, 0.3) is 0 Å². The summed E-state index contributed by atoms with van der Waals surface area (Å²) in [6.45, 7) is 4.65. The second kappa shape index (κ2) is 8.84. The average molecular weight is 351 g/mol. The quantitative estimate of drug-likeness (QED) is 0.886. The summed E-state index contributed by atoms with van der Waals surface area (Å²) in [5.41, 5.74) is 1.30. The molecule has 0 aromatic heterocycles. The number of halogens is 1. The Bertz CT molecular complexity index is 521. The Kier molecular flexibility index (Phi) is 6.52. The van der Waals surface area contributed by atoms with Crippen LogP contribution < -0.4 is 5.32 Å². The maximum absolute atomic E-state index is 12.2. The van der Waals surface area contributed by atoms with Gasteiger partial charge in [-0.3, -0.25) is 9.69 Å². The molecule has 1 amide bonds. The van der Waals surface area contributed by atoms with Gasteiger partial charge in [0.25, 0.3) is 0 Å². The Balaban J connectivity index is 1.37. The highest BCUT2D eigenvalue weighted by Gasteiger charge is 2.23. The SMILES string of the molecule is O=C(CC1CCN(Cc2ccc(Cl)cc2)CC1)NC1CCOCC1. The molecule has 1 N–H and O–H groups in total. The fourth-order valence-electron chi connectivity index (χ4n) is 3.59. The number of hydrogen-bond acceptors (Lipinski definition) is 3. The van der Waals surface area contributed by atoms with E-state index in [1.54, 1.807) is 0 Å². The Hall–Kier alpha value is -1.10. The van der Waals surface area contributed by atoms with Crippen molar-refractivity contribution in [3.05, 3.63) is 34.9 Å². The predicted molar refractivity (Wildman–Crippen MR) is 96.1 cm³/mol. The number of nitrogens with zero attached hydrogens (tertiary/aromatic N) is 1. The molecule has 132 valence electrons. The molecule has 0 spiro atoms. The first-order chi connectivity index (χ1) is 11.7. The lowest BCUT2D eigenvalue weighted by atomic mass is 9.92. The summed E-state index contributed by atoms with van der Waals surface area (Å²) in [7, 11) is 0. The molecule has 5 heteroatoms. The zero-order valence-electron chi connectivity index (χ0n) is 14.2. The van der Waals surface area contributed by atoms with Crippen molar-refractivity contribution in [1.29, 1.82) is 0 Å². The second-order valence-corrected chi connectivity index (χ2v) is 7.44. The molecule has 0 saturated carbocycles. The number of carbonyl (C=O) groups is 1. The molecule has 1 aromatic carbocycles. The van der Waals surface area contributed by atoms with Crippen LogP contribution in [0.4, 0.5) is 0 Å². The van der Waals surface area contributed by atoms with Gasteiger partial charge in [-0.2, -0.15) is 0 Å². The molecule has 2 aliphatic rings. The number of carbonyl (C=O) groups excluding carboxylic acids is 1. The summed E-state index contributed by atoms with van der Waals surface area (Å²) in [5, 5.41) is 3.96. The minimum Gasteiger partial charge on any atom is -0.381 e. The molecule has 4 nitrogen and oxygen atoms in total. The summed E-state index contributed by atoms with van der Waals surface area (Å²) in [4.78, 5) is 14.7. The highest BCUT2D eigenvalue weighted by atomic mass is 35.5. The monoisotopic (exact) mass is 350 g/mol. The summed E-state index contributed by atoms with van der Waals surface area (Å²) in [5.74, 6) is 0.740. The molecule has 2 saturated heterocycles. The van der Waals surface area contributed by atoms with Crippen molar-refractivity contribution in [3.8, 4) is 0 Å². The van der Waals surface area contributed by atoms with Crippen LogP contribution in [0.1, 0.15) is 37.7 Å². The van der Waals surface area contributed by atoms with Gasteiger partial charge in [0, 0.05) is 37.2 Å². The van der Waals surface area contributed by atoms with E-state index >= 15 is 0 Å². The van der Waals surface area contributed by atoms with E-state index in [0.29, 0.717) is 18.4 Å². The lowest BCUT2D eigenvalue weighted by Gasteiger charge is -2.32. The van der Waals surface area contributed by atoms with Crippen LogP contribution in [-0.4, -0.2) is 43.2 Å². The van der Waals surface area contributed by atoms with Crippen LogP contribution in [0.3, 0.4) is 0 Å². The number of hydrogen-bond donors (Lipinski definition) is 1. The molecule has 0 atom stereocenters. The summed E-state index contributed by atoms with van der Waals surface area (Å²) in [6, 6.07) is 8.40. The topological polar surface area (TPSA) is 41.6 Å². The molecular weight excluding hydrogens is 324 g/mol. The zero-order chi connectivity index (χ0) is 16.8. The van der Waals surface area contributed by atoms with E-state index in [1.165, 1.54) is 5.56 Å². The van der Waals surface area contributed by atoms with Gasteiger partial charge in [0.1, 0.15) is 0 Å². The number of ether oxygens (including phenoxy) is 1. The lowest BCUT2D eigenvalue weighted by Crippen LogP contribution is -2.41. The molecule has 0 aliphatic carbocycles. The molecular formula is C19H27ClN2O2. The van der Waals surface area contributed by atoms with Gasteiger partial charge < -0.3 is 10.1 Å². The van der Waals surface area contributed by atoms with Crippen LogP contribution in [0.15, 0.2) is 24.3 Å². The molecule has 2 aliphatic heterocycles. The molecule has 24 heavy (non-hydrogen) atoms. The molecule has 2 fully saturated rings. The fraction of sp³-hybridized carbons (Fsp3) is 0.632. The Morgan fingerprint density at radius 1 is 1.12 bits per heavy atom. The summed E-state index contributed by atoms with van der Waals surface area (Å²) in [6.07, 6.45) is 4.78. The zero-order valence-corrected chi connectivity index (χ0v) is 14.9. The van der Waals surface area contributed by atoms with Gasteiger partial charge in [-0.25, -0.2) is 0 Å². The number of piperidine rings is 1. The van der Waals surface area contributed by atoms with Crippen molar-refractivity contribution >= 4 is 17.5 Å². The Morgan fingerprint density at radius 3 is 2.46 bits per heavy atom. The fourth-order valence-corrected chi connectivity index (χ4v) is 3.71. The van der Waals surface area contributed by atoms with Gasteiger partial charge in [-0.05, 0) is 62.4 Å². The van der Waals surface area contributed by atoms with Gasteiger partial charge >= 0.3 is 0 Å². The van der Waals surface area contributed by atoms with Gasteiger partial charge in [-0.1, -0.05) is 23.7 Å². The molecule has 1 aromatic rings. The van der Waals surface area contributed by atoms with Crippen LogP contribution in [0.2, 0.25) is 5.02 Å². The van der Waals surface area contributed by atoms with Gasteiger partial charge in [0.2, 0.25) is 5.91 Å². The number of benzene rings is 1. The van der Waals surface area contributed by atoms with Crippen LogP contribution >= 0.6 is 11.6 Å². The van der Waals surface area contributed by atoms with Gasteiger partial charge in [0.15, 0.2) is 0 Å². The third-order valence-corrected chi connectivity index (χ3v) is 5.34. The third kappa shape index (κ3) is 5.47. The van der Waals surface area contributed by atoms with E-state index < -0.39 is 0 Å².